The van der Waals surface area contributed by atoms with Crippen molar-refractivity contribution in [3.63, 3.8) is 0 Å². The third kappa shape index (κ3) is 4.03. The van der Waals surface area contributed by atoms with Crippen LogP contribution in [0.15, 0.2) is 0 Å². The minimum Gasteiger partial charge on any atom is -0.450 e. The van der Waals surface area contributed by atoms with Gasteiger partial charge in [-0.2, -0.15) is 0 Å². The fraction of sp³-hybridized carbons (Fsp3) is 0.923. The first-order valence-corrected chi connectivity index (χ1v) is 6.54. The summed E-state index contributed by atoms with van der Waals surface area (Å²) in [7, 11) is 1.84. The SMILES string of the molecule is CCOC(=O)N(C)C(C)CC1CCCCC1. The third-order valence-corrected chi connectivity index (χ3v) is 3.62. The van der Waals surface area contributed by atoms with Gasteiger partial charge >= 0.3 is 6.09 Å². The number of amides is 1. The van der Waals surface area contributed by atoms with E-state index in [-0.39, 0.29) is 6.09 Å². The van der Waals surface area contributed by atoms with Crippen molar-refractivity contribution in [2.24, 2.45) is 5.92 Å². The van der Waals surface area contributed by atoms with Crippen molar-refractivity contribution < 1.29 is 9.53 Å². The highest BCUT2D eigenvalue weighted by atomic mass is 16.6. The van der Waals surface area contributed by atoms with Crippen LogP contribution in [0.3, 0.4) is 0 Å². The van der Waals surface area contributed by atoms with E-state index in [4.69, 9.17) is 4.74 Å². The number of ether oxygens (including phenoxy) is 1. The van der Waals surface area contributed by atoms with Crippen LogP contribution in [0.4, 0.5) is 4.79 Å². The van der Waals surface area contributed by atoms with Gasteiger partial charge in [-0.1, -0.05) is 32.1 Å². The van der Waals surface area contributed by atoms with Gasteiger partial charge in [0.2, 0.25) is 0 Å². The molecule has 1 saturated carbocycles. The molecule has 0 N–H and O–H groups in total. The van der Waals surface area contributed by atoms with Gasteiger partial charge in [0, 0.05) is 13.1 Å². The Labute approximate surface area is 99.1 Å². The number of rotatable bonds is 4. The lowest BCUT2D eigenvalue weighted by atomic mass is 9.85. The molecule has 0 aliphatic heterocycles. The van der Waals surface area contributed by atoms with Gasteiger partial charge in [0.05, 0.1) is 6.61 Å². The van der Waals surface area contributed by atoms with Crippen LogP contribution in [-0.4, -0.2) is 30.7 Å². The molecule has 0 bridgehead atoms. The summed E-state index contributed by atoms with van der Waals surface area (Å²) in [5, 5.41) is 0. The second-order valence-electron chi connectivity index (χ2n) is 4.90. The Balaban J connectivity index is 2.32. The van der Waals surface area contributed by atoms with Crippen molar-refractivity contribution >= 4 is 6.09 Å². The monoisotopic (exact) mass is 227 g/mol. The van der Waals surface area contributed by atoms with E-state index >= 15 is 0 Å². The topological polar surface area (TPSA) is 29.5 Å². The number of hydrogen-bond donors (Lipinski definition) is 0. The Bertz CT molecular complexity index is 212. The smallest absolute Gasteiger partial charge is 0.409 e. The van der Waals surface area contributed by atoms with Crippen molar-refractivity contribution in [3.05, 3.63) is 0 Å². The average molecular weight is 227 g/mol. The maximum Gasteiger partial charge on any atom is 0.409 e. The minimum absolute atomic E-state index is 0.189. The van der Waals surface area contributed by atoms with Crippen molar-refractivity contribution in [2.75, 3.05) is 13.7 Å². The van der Waals surface area contributed by atoms with Crippen LogP contribution >= 0.6 is 0 Å². The minimum atomic E-state index is -0.189. The Morgan fingerprint density at radius 2 is 2.00 bits per heavy atom. The molecule has 3 heteroatoms. The number of carbonyl (C=O) groups excluding carboxylic acids is 1. The largest absolute Gasteiger partial charge is 0.450 e. The van der Waals surface area contributed by atoms with Gasteiger partial charge < -0.3 is 9.64 Å². The second kappa shape index (κ2) is 6.77. The third-order valence-electron chi connectivity index (χ3n) is 3.62. The lowest BCUT2D eigenvalue weighted by Crippen LogP contribution is -2.37. The number of nitrogens with zero attached hydrogens (tertiary/aromatic N) is 1. The summed E-state index contributed by atoms with van der Waals surface area (Å²) >= 11 is 0. The van der Waals surface area contributed by atoms with Crippen LogP contribution < -0.4 is 0 Å². The molecule has 1 rings (SSSR count). The second-order valence-corrected chi connectivity index (χ2v) is 4.90. The summed E-state index contributed by atoms with van der Waals surface area (Å²) in [4.78, 5) is 13.3. The van der Waals surface area contributed by atoms with E-state index in [9.17, 15) is 4.79 Å². The Morgan fingerprint density at radius 1 is 1.38 bits per heavy atom. The van der Waals surface area contributed by atoms with Crippen LogP contribution in [0.2, 0.25) is 0 Å². The van der Waals surface area contributed by atoms with E-state index in [1.165, 1.54) is 32.1 Å². The molecule has 1 aliphatic carbocycles. The van der Waals surface area contributed by atoms with E-state index in [0.29, 0.717) is 12.6 Å². The van der Waals surface area contributed by atoms with Crippen molar-refractivity contribution in [2.45, 2.75) is 58.4 Å². The Morgan fingerprint density at radius 3 is 2.56 bits per heavy atom. The van der Waals surface area contributed by atoms with E-state index in [1.807, 2.05) is 14.0 Å². The first-order chi connectivity index (χ1) is 7.65. The number of carbonyl (C=O) groups is 1. The molecule has 1 unspecified atom stereocenters. The summed E-state index contributed by atoms with van der Waals surface area (Å²) < 4.78 is 5.00. The van der Waals surface area contributed by atoms with Crippen molar-refractivity contribution in [1.82, 2.24) is 4.90 Å². The maximum absolute atomic E-state index is 11.5. The van der Waals surface area contributed by atoms with E-state index in [1.54, 1.807) is 4.90 Å². The highest BCUT2D eigenvalue weighted by molar-refractivity contribution is 5.67. The summed E-state index contributed by atoms with van der Waals surface area (Å²) in [6.45, 7) is 4.42. The molecular formula is C13H25NO2. The highest BCUT2D eigenvalue weighted by Crippen LogP contribution is 2.28. The predicted molar refractivity (Wildman–Crippen MR) is 65.4 cm³/mol. The molecule has 1 atom stereocenters. The average Bonchev–Trinajstić information content (AvgIpc) is 2.29. The Hall–Kier alpha value is -0.730. The first kappa shape index (κ1) is 13.3. The van der Waals surface area contributed by atoms with Crippen LogP contribution in [-0.2, 0) is 4.74 Å². The fourth-order valence-electron chi connectivity index (χ4n) is 2.47. The molecule has 3 nitrogen and oxygen atoms in total. The molecule has 1 aliphatic rings. The zero-order valence-corrected chi connectivity index (χ0v) is 10.9. The number of hydrogen-bond acceptors (Lipinski definition) is 2. The van der Waals surface area contributed by atoms with Gasteiger partial charge in [-0.3, -0.25) is 0 Å². The standard InChI is InChI=1S/C13H25NO2/c1-4-16-13(15)14(3)11(2)10-12-8-6-5-7-9-12/h11-12H,4-10H2,1-3H3. The van der Waals surface area contributed by atoms with E-state index < -0.39 is 0 Å². The maximum atomic E-state index is 11.5. The van der Waals surface area contributed by atoms with E-state index in [2.05, 4.69) is 6.92 Å². The molecule has 0 radical (unpaired) electrons. The van der Waals surface area contributed by atoms with Crippen LogP contribution in [0.1, 0.15) is 52.4 Å². The normalized spacial score (nSPS) is 19.2. The predicted octanol–water partition coefficient (Wildman–Crippen LogP) is 3.43. The zero-order chi connectivity index (χ0) is 12.0. The Kier molecular flexibility index (Phi) is 5.64. The summed E-state index contributed by atoms with van der Waals surface area (Å²) in [5.74, 6) is 0.806. The van der Waals surface area contributed by atoms with Crippen molar-refractivity contribution in [1.29, 1.82) is 0 Å². The van der Waals surface area contributed by atoms with Gasteiger partial charge in [-0.05, 0) is 26.2 Å². The molecule has 0 aromatic heterocycles. The molecule has 0 aromatic rings. The molecule has 16 heavy (non-hydrogen) atoms. The summed E-state index contributed by atoms with van der Waals surface area (Å²) in [5.41, 5.74) is 0. The molecular weight excluding hydrogens is 202 g/mol. The molecule has 0 spiro atoms. The summed E-state index contributed by atoms with van der Waals surface area (Å²) in [6.07, 6.45) is 7.71. The lowest BCUT2D eigenvalue weighted by Gasteiger charge is -2.29. The van der Waals surface area contributed by atoms with Gasteiger partial charge in [-0.25, -0.2) is 4.79 Å². The van der Waals surface area contributed by atoms with Crippen LogP contribution in [0.25, 0.3) is 0 Å². The van der Waals surface area contributed by atoms with Crippen LogP contribution in [0.5, 0.6) is 0 Å². The van der Waals surface area contributed by atoms with E-state index in [0.717, 1.165) is 12.3 Å². The van der Waals surface area contributed by atoms with Gasteiger partial charge in [0.15, 0.2) is 0 Å². The molecule has 1 fully saturated rings. The lowest BCUT2D eigenvalue weighted by molar-refractivity contribution is 0.0976. The molecule has 0 heterocycles. The zero-order valence-electron chi connectivity index (χ0n) is 10.9. The quantitative estimate of drug-likeness (QED) is 0.736. The van der Waals surface area contributed by atoms with Gasteiger partial charge in [-0.15, -0.1) is 0 Å². The first-order valence-electron chi connectivity index (χ1n) is 6.54. The fourth-order valence-corrected chi connectivity index (χ4v) is 2.47. The van der Waals surface area contributed by atoms with Gasteiger partial charge in [0.25, 0.3) is 0 Å². The molecule has 0 aromatic carbocycles. The summed E-state index contributed by atoms with van der Waals surface area (Å²) in [6, 6.07) is 0.294. The van der Waals surface area contributed by atoms with Gasteiger partial charge in [0.1, 0.15) is 0 Å². The molecule has 1 amide bonds. The highest BCUT2D eigenvalue weighted by Gasteiger charge is 2.21. The van der Waals surface area contributed by atoms with Crippen LogP contribution in [0, 0.1) is 5.92 Å². The van der Waals surface area contributed by atoms with Crippen molar-refractivity contribution in [3.8, 4) is 0 Å². The molecule has 0 saturated heterocycles. The molecule has 94 valence electrons.